The second-order valence-electron chi connectivity index (χ2n) is 7.39. The largest absolute Gasteiger partial charge is 0.486 e. The highest BCUT2D eigenvalue weighted by Crippen LogP contribution is 2.32. The monoisotopic (exact) mass is 486 g/mol. The summed E-state index contributed by atoms with van der Waals surface area (Å²) in [5.41, 5.74) is 0.421. The van der Waals surface area contributed by atoms with Gasteiger partial charge in [-0.05, 0) is 48.5 Å². The van der Waals surface area contributed by atoms with E-state index in [2.05, 4.69) is 4.72 Å². The zero-order valence-corrected chi connectivity index (χ0v) is 19.0. The Kier molecular flexibility index (Phi) is 6.73. The molecule has 11 heteroatoms. The molecule has 0 bridgehead atoms. The Balaban J connectivity index is 1.33. The van der Waals surface area contributed by atoms with E-state index in [1.54, 1.807) is 19.2 Å². The smallest absolute Gasteiger partial charge is 0.338 e. The standard InChI is InChI=1S/C23H22N2O8S/c1-25(14-18-3-2-10-30-18)22(26)15-33-23(27)16-4-6-17(7-5-16)24-34(28,29)19-8-9-20-21(13-19)32-12-11-31-20/h2-10,13,24H,11-12,14-15H2,1H3. The van der Waals surface area contributed by atoms with Gasteiger partial charge in [0.15, 0.2) is 18.1 Å². The number of carbonyl (C=O) groups is 2. The van der Waals surface area contributed by atoms with E-state index >= 15 is 0 Å². The third-order valence-corrected chi connectivity index (χ3v) is 6.30. The molecular formula is C23H22N2O8S. The summed E-state index contributed by atoms with van der Waals surface area (Å²) >= 11 is 0. The zero-order valence-electron chi connectivity index (χ0n) is 18.2. The molecule has 0 saturated heterocycles. The van der Waals surface area contributed by atoms with Crippen molar-refractivity contribution in [2.45, 2.75) is 11.4 Å². The molecule has 1 aliphatic rings. The molecule has 0 fully saturated rings. The van der Waals surface area contributed by atoms with Crippen LogP contribution in [-0.4, -0.2) is 52.1 Å². The lowest BCUT2D eigenvalue weighted by molar-refractivity contribution is -0.133. The van der Waals surface area contributed by atoms with Crippen LogP contribution in [-0.2, 0) is 26.1 Å². The Morgan fingerprint density at radius 2 is 1.76 bits per heavy atom. The van der Waals surface area contributed by atoms with Gasteiger partial charge in [-0.3, -0.25) is 9.52 Å². The number of amides is 1. The highest BCUT2D eigenvalue weighted by atomic mass is 32.2. The molecule has 2 aromatic carbocycles. The Morgan fingerprint density at radius 1 is 1.03 bits per heavy atom. The van der Waals surface area contributed by atoms with Crippen LogP contribution < -0.4 is 14.2 Å². The fourth-order valence-electron chi connectivity index (χ4n) is 3.12. The number of benzene rings is 2. The minimum Gasteiger partial charge on any atom is -0.486 e. The Hall–Kier alpha value is -3.99. The summed E-state index contributed by atoms with van der Waals surface area (Å²) in [5.74, 6) is 0.348. The van der Waals surface area contributed by atoms with Gasteiger partial charge in [-0.15, -0.1) is 0 Å². The van der Waals surface area contributed by atoms with Gasteiger partial charge in [0, 0.05) is 18.8 Å². The Labute approximate surface area is 196 Å². The quantitative estimate of drug-likeness (QED) is 0.482. The number of ether oxygens (including phenoxy) is 3. The van der Waals surface area contributed by atoms with Crippen molar-refractivity contribution in [3.63, 3.8) is 0 Å². The predicted octanol–water partition coefficient (Wildman–Crippen LogP) is 2.67. The van der Waals surface area contributed by atoms with Gasteiger partial charge in [0.1, 0.15) is 19.0 Å². The highest BCUT2D eigenvalue weighted by Gasteiger charge is 2.20. The number of sulfonamides is 1. The van der Waals surface area contributed by atoms with Crippen LogP contribution in [0.1, 0.15) is 16.1 Å². The van der Waals surface area contributed by atoms with Crippen molar-refractivity contribution in [3.05, 3.63) is 72.2 Å². The average molecular weight is 487 g/mol. The fraction of sp³-hybridized carbons (Fsp3) is 0.217. The number of nitrogens with one attached hydrogen (secondary N) is 1. The normalized spacial score (nSPS) is 12.6. The van der Waals surface area contributed by atoms with Gasteiger partial charge >= 0.3 is 5.97 Å². The lowest BCUT2D eigenvalue weighted by atomic mass is 10.2. The van der Waals surface area contributed by atoms with E-state index in [1.165, 1.54) is 53.6 Å². The van der Waals surface area contributed by atoms with E-state index in [0.29, 0.717) is 30.5 Å². The van der Waals surface area contributed by atoms with Crippen LogP contribution in [0.2, 0.25) is 0 Å². The molecule has 34 heavy (non-hydrogen) atoms. The van der Waals surface area contributed by atoms with Gasteiger partial charge in [-0.2, -0.15) is 0 Å². The summed E-state index contributed by atoms with van der Waals surface area (Å²) in [6, 6.07) is 13.5. The van der Waals surface area contributed by atoms with E-state index in [4.69, 9.17) is 18.6 Å². The van der Waals surface area contributed by atoms with Crippen molar-refractivity contribution >= 4 is 27.6 Å². The Morgan fingerprint density at radius 3 is 2.47 bits per heavy atom. The van der Waals surface area contributed by atoms with Gasteiger partial charge in [0.25, 0.3) is 15.9 Å². The lowest BCUT2D eigenvalue weighted by Crippen LogP contribution is -2.30. The molecule has 1 aromatic heterocycles. The summed E-state index contributed by atoms with van der Waals surface area (Å²) in [6.07, 6.45) is 1.51. The molecule has 0 spiro atoms. The molecule has 1 N–H and O–H groups in total. The minimum atomic E-state index is -3.89. The molecule has 0 saturated carbocycles. The molecule has 3 aromatic rings. The van der Waals surface area contributed by atoms with Crippen LogP contribution in [0.5, 0.6) is 11.5 Å². The van der Waals surface area contributed by atoms with Crippen molar-refractivity contribution < 1.29 is 36.6 Å². The summed E-state index contributed by atoms with van der Waals surface area (Å²) in [6.45, 7) is 0.561. The molecule has 2 heterocycles. The van der Waals surface area contributed by atoms with Gasteiger partial charge in [0.05, 0.1) is 23.3 Å². The number of hydrogen-bond acceptors (Lipinski definition) is 8. The second-order valence-corrected chi connectivity index (χ2v) is 9.08. The van der Waals surface area contributed by atoms with E-state index < -0.39 is 28.5 Å². The first-order chi connectivity index (χ1) is 16.3. The molecule has 1 amide bonds. The van der Waals surface area contributed by atoms with Crippen LogP contribution in [0.25, 0.3) is 0 Å². The minimum absolute atomic E-state index is 0.0115. The van der Waals surface area contributed by atoms with Crippen LogP contribution in [0.4, 0.5) is 5.69 Å². The molecule has 178 valence electrons. The summed E-state index contributed by atoms with van der Waals surface area (Å²) < 4.78 is 49.0. The first-order valence-corrected chi connectivity index (χ1v) is 11.8. The average Bonchev–Trinajstić information content (AvgIpc) is 3.35. The number of hydrogen-bond donors (Lipinski definition) is 1. The zero-order chi connectivity index (χ0) is 24.1. The third-order valence-electron chi connectivity index (χ3n) is 4.92. The summed E-state index contributed by atoms with van der Waals surface area (Å²) in [7, 11) is -2.32. The van der Waals surface area contributed by atoms with Crippen molar-refractivity contribution in [2.75, 3.05) is 31.6 Å². The number of furan rings is 1. The number of fused-ring (bicyclic) bond motifs is 1. The molecule has 1 aliphatic heterocycles. The molecule has 0 unspecified atom stereocenters. The second kappa shape index (κ2) is 9.87. The van der Waals surface area contributed by atoms with Gasteiger partial charge in [0.2, 0.25) is 0 Å². The summed E-state index contributed by atoms with van der Waals surface area (Å²) in [4.78, 5) is 25.8. The van der Waals surface area contributed by atoms with E-state index in [1.807, 2.05) is 0 Å². The van der Waals surface area contributed by atoms with Crippen LogP contribution in [0, 0.1) is 0 Å². The Bertz CT molecular complexity index is 1270. The number of likely N-dealkylation sites (N-methyl/N-ethyl adjacent to an activating group) is 1. The maximum Gasteiger partial charge on any atom is 0.338 e. The van der Waals surface area contributed by atoms with E-state index in [0.717, 1.165) is 0 Å². The van der Waals surface area contributed by atoms with Crippen LogP contribution >= 0.6 is 0 Å². The van der Waals surface area contributed by atoms with Crippen LogP contribution in [0.3, 0.4) is 0 Å². The number of nitrogens with zero attached hydrogens (tertiary/aromatic N) is 1. The van der Waals surface area contributed by atoms with Gasteiger partial charge in [-0.1, -0.05) is 0 Å². The molecule has 0 radical (unpaired) electrons. The number of carbonyl (C=O) groups excluding carboxylic acids is 2. The van der Waals surface area contributed by atoms with Crippen molar-refractivity contribution in [3.8, 4) is 11.5 Å². The molecule has 0 atom stereocenters. The lowest BCUT2D eigenvalue weighted by Gasteiger charge is -2.19. The van der Waals surface area contributed by atoms with Crippen LogP contribution in [0.15, 0.2) is 70.2 Å². The number of anilines is 1. The number of esters is 1. The van der Waals surface area contributed by atoms with Crippen molar-refractivity contribution in [1.82, 2.24) is 4.90 Å². The molecule has 4 rings (SSSR count). The van der Waals surface area contributed by atoms with E-state index in [9.17, 15) is 18.0 Å². The maximum absolute atomic E-state index is 12.7. The molecule has 10 nitrogen and oxygen atoms in total. The summed E-state index contributed by atoms with van der Waals surface area (Å²) in [5, 5.41) is 0. The SMILES string of the molecule is CN(Cc1ccco1)C(=O)COC(=O)c1ccc(NS(=O)(=O)c2ccc3c(c2)OCCO3)cc1. The predicted molar refractivity (Wildman–Crippen MR) is 120 cm³/mol. The van der Waals surface area contributed by atoms with Crippen molar-refractivity contribution in [1.29, 1.82) is 0 Å². The van der Waals surface area contributed by atoms with Gasteiger partial charge < -0.3 is 23.5 Å². The highest BCUT2D eigenvalue weighted by molar-refractivity contribution is 7.92. The fourth-order valence-corrected chi connectivity index (χ4v) is 4.20. The topological polar surface area (TPSA) is 124 Å². The first-order valence-electron chi connectivity index (χ1n) is 10.3. The molecule has 0 aliphatic carbocycles. The first kappa shape index (κ1) is 23.2. The van der Waals surface area contributed by atoms with Gasteiger partial charge in [-0.25, -0.2) is 13.2 Å². The van der Waals surface area contributed by atoms with E-state index in [-0.39, 0.29) is 22.7 Å². The number of rotatable bonds is 8. The molecular weight excluding hydrogens is 464 g/mol. The third kappa shape index (κ3) is 5.49. The van der Waals surface area contributed by atoms with Crippen molar-refractivity contribution in [2.24, 2.45) is 0 Å². The maximum atomic E-state index is 12.7.